The summed E-state index contributed by atoms with van der Waals surface area (Å²) in [5.74, 6) is 1.25. The van der Waals surface area contributed by atoms with E-state index in [0.717, 1.165) is 6.42 Å². The van der Waals surface area contributed by atoms with Gasteiger partial charge in [-0.25, -0.2) is 0 Å². The van der Waals surface area contributed by atoms with Gasteiger partial charge in [0.15, 0.2) is 5.05 Å². The summed E-state index contributed by atoms with van der Waals surface area (Å²) in [4.78, 5) is 0. The van der Waals surface area contributed by atoms with Gasteiger partial charge in [0, 0.05) is 0 Å². The van der Waals surface area contributed by atoms with Crippen molar-refractivity contribution in [3.8, 4) is 5.75 Å². The number of unbranched alkanes of at least 4 members (excludes halogenated alkanes) is 1. The molecule has 0 amide bonds. The molecule has 18 heavy (non-hydrogen) atoms. The van der Waals surface area contributed by atoms with Gasteiger partial charge in [0.2, 0.25) is 0 Å². The van der Waals surface area contributed by atoms with Gasteiger partial charge in [0.25, 0.3) is 0 Å². The van der Waals surface area contributed by atoms with Crippen LogP contribution in [0, 0.1) is 5.92 Å². The van der Waals surface area contributed by atoms with Gasteiger partial charge in [-0.2, -0.15) is 0 Å². The SMILES string of the molecule is CCCCC(CC)COc1ccccc1C(O)=S. The Labute approximate surface area is 115 Å². The summed E-state index contributed by atoms with van der Waals surface area (Å²) < 4.78 is 5.80. The maximum absolute atomic E-state index is 9.42. The number of hydrogen-bond acceptors (Lipinski definition) is 2. The summed E-state index contributed by atoms with van der Waals surface area (Å²) in [5, 5.41) is 9.32. The van der Waals surface area contributed by atoms with E-state index in [9.17, 15) is 5.11 Å². The molecule has 1 atom stereocenters. The molecular formula is C15H22O2S. The Balaban J connectivity index is 2.59. The van der Waals surface area contributed by atoms with Crippen molar-refractivity contribution in [1.82, 2.24) is 0 Å². The Bertz CT molecular complexity index is 377. The molecule has 0 saturated carbocycles. The first-order valence-electron chi connectivity index (χ1n) is 6.64. The van der Waals surface area contributed by atoms with Crippen molar-refractivity contribution in [1.29, 1.82) is 0 Å². The first kappa shape index (κ1) is 15.0. The number of rotatable bonds is 8. The maximum atomic E-state index is 9.42. The van der Waals surface area contributed by atoms with E-state index in [0.29, 0.717) is 23.8 Å². The second-order valence-electron chi connectivity index (χ2n) is 4.53. The van der Waals surface area contributed by atoms with Crippen molar-refractivity contribution in [2.45, 2.75) is 39.5 Å². The lowest BCUT2D eigenvalue weighted by atomic mass is 10.0. The predicted molar refractivity (Wildman–Crippen MR) is 79.6 cm³/mol. The summed E-state index contributed by atoms with van der Waals surface area (Å²) >= 11 is 4.80. The van der Waals surface area contributed by atoms with E-state index in [1.165, 1.54) is 19.3 Å². The molecule has 100 valence electrons. The molecule has 0 radical (unpaired) electrons. The summed E-state index contributed by atoms with van der Waals surface area (Å²) in [6, 6.07) is 7.37. The lowest BCUT2D eigenvalue weighted by Gasteiger charge is -2.16. The second-order valence-corrected chi connectivity index (χ2v) is 4.92. The summed E-state index contributed by atoms with van der Waals surface area (Å²) in [7, 11) is 0. The molecular weight excluding hydrogens is 244 g/mol. The third-order valence-electron chi connectivity index (χ3n) is 3.14. The van der Waals surface area contributed by atoms with Crippen LogP contribution in [0.4, 0.5) is 0 Å². The van der Waals surface area contributed by atoms with E-state index in [1.807, 2.05) is 18.2 Å². The van der Waals surface area contributed by atoms with E-state index in [-0.39, 0.29) is 5.05 Å². The molecule has 1 rings (SSSR count). The van der Waals surface area contributed by atoms with Crippen LogP contribution in [0.3, 0.4) is 0 Å². The van der Waals surface area contributed by atoms with Crippen LogP contribution < -0.4 is 4.74 Å². The van der Waals surface area contributed by atoms with Gasteiger partial charge in [-0.1, -0.05) is 45.2 Å². The van der Waals surface area contributed by atoms with Crippen molar-refractivity contribution in [2.75, 3.05) is 6.61 Å². The van der Waals surface area contributed by atoms with Crippen molar-refractivity contribution >= 4 is 17.3 Å². The highest BCUT2D eigenvalue weighted by molar-refractivity contribution is 7.80. The Hall–Kier alpha value is -1.09. The molecule has 1 unspecified atom stereocenters. The van der Waals surface area contributed by atoms with Crippen LogP contribution in [-0.4, -0.2) is 16.8 Å². The molecule has 2 nitrogen and oxygen atoms in total. The van der Waals surface area contributed by atoms with Gasteiger partial charge in [0.1, 0.15) is 5.75 Å². The van der Waals surface area contributed by atoms with E-state index in [4.69, 9.17) is 17.0 Å². The fraction of sp³-hybridized carbons (Fsp3) is 0.533. The molecule has 0 bridgehead atoms. The first-order chi connectivity index (χ1) is 8.69. The van der Waals surface area contributed by atoms with Crippen LogP contribution in [0.5, 0.6) is 5.75 Å². The Morgan fingerprint density at radius 2 is 2.06 bits per heavy atom. The molecule has 0 aromatic heterocycles. The molecule has 1 aromatic carbocycles. The Kier molecular flexibility index (Phi) is 6.73. The highest BCUT2D eigenvalue weighted by Gasteiger charge is 2.10. The quantitative estimate of drug-likeness (QED) is 0.702. The maximum Gasteiger partial charge on any atom is 0.192 e. The fourth-order valence-corrected chi connectivity index (χ4v) is 2.04. The van der Waals surface area contributed by atoms with Crippen molar-refractivity contribution in [3.63, 3.8) is 0 Å². The van der Waals surface area contributed by atoms with Crippen LogP contribution >= 0.6 is 12.2 Å². The molecule has 0 saturated heterocycles. The molecule has 3 heteroatoms. The van der Waals surface area contributed by atoms with E-state index in [1.54, 1.807) is 6.07 Å². The average molecular weight is 266 g/mol. The largest absolute Gasteiger partial charge is 0.498 e. The molecule has 1 N–H and O–H groups in total. The second kappa shape index (κ2) is 8.09. The number of para-hydroxylation sites is 1. The Morgan fingerprint density at radius 1 is 1.33 bits per heavy atom. The molecule has 0 heterocycles. The summed E-state index contributed by atoms with van der Waals surface area (Å²) in [5.41, 5.74) is 0.609. The van der Waals surface area contributed by atoms with Crippen molar-refractivity contribution in [3.05, 3.63) is 29.8 Å². The van der Waals surface area contributed by atoms with Crippen molar-refractivity contribution in [2.24, 2.45) is 5.92 Å². The number of hydrogen-bond donors (Lipinski definition) is 1. The first-order valence-corrected chi connectivity index (χ1v) is 7.05. The molecule has 0 aliphatic rings. The van der Waals surface area contributed by atoms with Crippen LogP contribution in [0.25, 0.3) is 0 Å². The molecule has 1 aromatic rings. The minimum Gasteiger partial charge on any atom is -0.498 e. The van der Waals surface area contributed by atoms with Crippen molar-refractivity contribution < 1.29 is 9.84 Å². The smallest absolute Gasteiger partial charge is 0.192 e. The number of aliphatic hydroxyl groups is 1. The number of ether oxygens (including phenoxy) is 1. The highest BCUT2D eigenvalue weighted by Crippen LogP contribution is 2.21. The van der Waals surface area contributed by atoms with Gasteiger partial charge in [-0.15, -0.1) is 0 Å². The lowest BCUT2D eigenvalue weighted by molar-refractivity contribution is 0.232. The summed E-state index contributed by atoms with van der Waals surface area (Å²) in [6.07, 6.45) is 4.76. The zero-order chi connectivity index (χ0) is 13.4. The molecule has 0 fully saturated rings. The standard InChI is InChI=1S/C15H22O2S/c1-3-5-8-12(4-2)11-17-14-10-7-6-9-13(14)15(16)18/h6-7,9-10,12H,3-5,8,11H2,1-2H3,(H,16,18). The van der Waals surface area contributed by atoms with E-state index >= 15 is 0 Å². The number of thiocarbonyl (C=S) groups is 1. The van der Waals surface area contributed by atoms with Crippen LogP contribution in [0.1, 0.15) is 45.1 Å². The normalized spacial score (nSPS) is 12.1. The van der Waals surface area contributed by atoms with Gasteiger partial charge >= 0.3 is 0 Å². The minimum absolute atomic E-state index is 0.104. The monoisotopic (exact) mass is 266 g/mol. The molecule has 0 aliphatic heterocycles. The zero-order valence-corrected chi connectivity index (χ0v) is 12.0. The third kappa shape index (κ3) is 4.65. The zero-order valence-electron chi connectivity index (χ0n) is 11.2. The minimum atomic E-state index is -0.104. The predicted octanol–water partition coefficient (Wildman–Crippen LogP) is 4.52. The fourth-order valence-electron chi connectivity index (χ4n) is 1.87. The third-order valence-corrected chi connectivity index (χ3v) is 3.36. The summed E-state index contributed by atoms with van der Waals surface area (Å²) in [6.45, 7) is 5.08. The van der Waals surface area contributed by atoms with Gasteiger partial charge in [-0.05, 0) is 36.7 Å². The Morgan fingerprint density at radius 3 is 2.67 bits per heavy atom. The van der Waals surface area contributed by atoms with Crippen LogP contribution in [0.2, 0.25) is 0 Å². The topological polar surface area (TPSA) is 29.5 Å². The van der Waals surface area contributed by atoms with Gasteiger partial charge < -0.3 is 9.84 Å². The number of benzene rings is 1. The van der Waals surface area contributed by atoms with Gasteiger partial charge in [0.05, 0.1) is 12.2 Å². The average Bonchev–Trinajstić information content (AvgIpc) is 2.39. The molecule has 0 aliphatic carbocycles. The van der Waals surface area contributed by atoms with Crippen LogP contribution in [0.15, 0.2) is 24.3 Å². The van der Waals surface area contributed by atoms with Gasteiger partial charge in [-0.3, -0.25) is 0 Å². The molecule has 0 spiro atoms. The highest BCUT2D eigenvalue weighted by atomic mass is 32.1. The van der Waals surface area contributed by atoms with Crippen LogP contribution in [-0.2, 0) is 0 Å². The van der Waals surface area contributed by atoms with E-state index < -0.39 is 0 Å². The van der Waals surface area contributed by atoms with E-state index in [2.05, 4.69) is 13.8 Å². The number of aliphatic hydroxyl groups excluding tert-OH is 1. The lowest BCUT2D eigenvalue weighted by Crippen LogP contribution is -2.12.